The van der Waals surface area contributed by atoms with Crippen molar-refractivity contribution in [1.82, 2.24) is 0 Å². The van der Waals surface area contributed by atoms with E-state index >= 15 is 0 Å². The molecule has 0 bridgehead atoms. The molecule has 0 heterocycles. The van der Waals surface area contributed by atoms with Crippen molar-refractivity contribution in [2.24, 2.45) is 0 Å². The molecule has 0 amide bonds. The first-order valence-corrected chi connectivity index (χ1v) is 7.61. The van der Waals surface area contributed by atoms with E-state index in [1.807, 2.05) is 19.0 Å². The summed E-state index contributed by atoms with van der Waals surface area (Å²) < 4.78 is 9.38. The molecule has 0 fully saturated rings. The zero-order chi connectivity index (χ0) is 19.5. The lowest BCUT2D eigenvalue weighted by molar-refractivity contribution is -0.255. The molecule has 0 atom stereocenters. The van der Waals surface area contributed by atoms with Gasteiger partial charge in [-0.25, -0.2) is 9.59 Å². The lowest BCUT2D eigenvalue weighted by Crippen LogP contribution is -2.20. The van der Waals surface area contributed by atoms with Crippen molar-refractivity contribution in [3.63, 3.8) is 0 Å². The minimum absolute atomic E-state index is 0.114. The number of ketones is 1. The summed E-state index contributed by atoms with van der Waals surface area (Å²) in [6, 6.07) is 6.56. The van der Waals surface area contributed by atoms with Crippen LogP contribution in [0.5, 0.6) is 0 Å². The van der Waals surface area contributed by atoms with Gasteiger partial charge in [-0.1, -0.05) is 6.58 Å². The maximum Gasteiger partial charge on any atom is 0.379 e. The van der Waals surface area contributed by atoms with Crippen LogP contribution in [0.1, 0.15) is 17.3 Å². The zero-order valence-corrected chi connectivity index (χ0v) is 14.9. The average molecular weight is 363 g/mol. The van der Waals surface area contributed by atoms with Gasteiger partial charge in [-0.2, -0.15) is 4.89 Å². The van der Waals surface area contributed by atoms with Crippen molar-refractivity contribution >= 4 is 23.4 Å². The van der Waals surface area contributed by atoms with E-state index in [0.717, 1.165) is 18.2 Å². The van der Waals surface area contributed by atoms with E-state index < -0.39 is 17.7 Å². The highest BCUT2D eigenvalue weighted by Gasteiger charge is 2.17. The third-order valence-corrected chi connectivity index (χ3v) is 2.93. The number of anilines is 1. The summed E-state index contributed by atoms with van der Waals surface area (Å²) in [6.45, 7) is 4.61. The van der Waals surface area contributed by atoms with Crippen LogP contribution in [-0.4, -0.2) is 45.0 Å². The number of nitrogens with zero attached hydrogens (tertiary/aromatic N) is 1. The molecule has 0 aromatic heterocycles. The molecule has 0 spiro atoms. The third-order valence-electron chi connectivity index (χ3n) is 2.93. The van der Waals surface area contributed by atoms with Crippen LogP contribution in [0.15, 0.2) is 48.9 Å². The molecule has 1 aromatic rings. The number of carbonyl (C=O) groups excluding carboxylic acids is 3. The van der Waals surface area contributed by atoms with Crippen molar-refractivity contribution in [3.05, 3.63) is 54.5 Å². The molecule has 1 rings (SSSR count). The van der Waals surface area contributed by atoms with Crippen molar-refractivity contribution in [2.75, 3.05) is 32.2 Å². The molecule has 0 radical (unpaired) electrons. The Morgan fingerprint density at radius 2 is 1.69 bits per heavy atom. The highest BCUT2D eigenvalue weighted by atomic mass is 17.2. The summed E-state index contributed by atoms with van der Waals surface area (Å²) in [5.41, 5.74) is 1.38. The molecule has 0 aliphatic carbocycles. The topological polar surface area (TPSA) is 91.4 Å². The molecule has 0 saturated carbocycles. The maximum absolute atomic E-state index is 11.9. The zero-order valence-electron chi connectivity index (χ0n) is 14.9. The molecule has 0 aliphatic rings. The van der Waals surface area contributed by atoms with E-state index in [4.69, 9.17) is 4.74 Å². The smallest absolute Gasteiger partial charge is 0.379 e. The Morgan fingerprint density at radius 1 is 1.04 bits per heavy atom. The second kappa shape index (κ2) is 10.7. The van der Waals surface area contributed by atoms with Gasteiger partial charge in [0.15, 0.2) is 6.26 Å². The molecule has 140 valence electrons. The molecule has 26 heavy (non-hydrogen) atoms. The summed E-state index contributed by atoms with van der Waals surface area (Å²) in [5, 5.41) is 0. The van der Waals surface area contributed by atoms with E-state index in [9.17, 15) is 14.4 Å². The summed E-state index contributed by atoms with van der Waals surface area (Å²) in [6.07, 6.45) is 1.96. The standard InChI is InChI=1S/C18H21NO7/c1-13(2)17(21)23-9-11-25-26-12-10-24-18(22)16(20)14-5-7-15(8-6-14)19(3)4/h5-9,11H,1,10,12H2,2-4H3/b11-9+. The van der Waals surface area contributed by atoms with Crippen LogP contribution in [0.25, 0.3) is 0 Å². The number of hydrogen-bond donors (Lipinski definition) is 0. The average Bonchev–Trinajstić information content (AvgIpc) is 2.62. The van der Waals surface area contributed by atoms with Crippen molar-refractivity contribution in [3.8, 4) is 0 Å². The largest absolute Gasteiger partial charge is 0.457 e. The molecular weight excluding hydrogens is 342 g/mol. The van der Waals surface area contributed by atoms with E-state index in [-0.39, 0.29) is 24.4 Å². The molecule has 1 aromatic carbocycles. The van der Waals surface area contributed by atoms with Gasteiger partial charge in [-0.05, 0) is 31.2 Å². The first-order valence-electron chi connectivity index (χ1n) is 7.61. The SMILES string of the molecule is C=C(C)C(=O)O/C=C/OOCCOC(=O)C(=O)c1ccc(N(C)C)cc1. The fourth-order valence-electron chi connectivity index (χ4n) is 1.56. The Morgan fingerprint density at radius 3 is 2.27 bits per heavy atom. The van der Waals surface area contributed by atoms with E-state index in [0.29, 0.717) is 0 Å². The first-order chi connectivity index (χ1) is 12.3. The molecule has 0 saturated heterocycles. The van der Waals surface area contributed by atoms with Crippen LogP contribution < -0.4 is 4.90 Å². The van der Waals surface area contributed by atoms with Gasteiger partial charge in [0, 0.05) is 30.9 Å². The molecule has 0 unspecified atom stereocenters. The van der Waals surface area contributed by atoms with Crippen molar-refractivity contribution in [1.29, 1.82) is 0 Å². The second-order valence-corrected chi connectivity index (χ2v) is 5.28. The Hall–Kier alpha value is -3.13. The number of esters is 2. The van der Waals surface area contributed by atoms with Crippen LogP contribution >= 0.6 is 0 Å². The minimum Gasteiger partial charge on any atom is -0.457 e. The molecule has 0 N–H and O–H groups in total. The maximum atomic E-state index is 11.9. The number of ether oxygens (including phenoxy) is 2. The molecular formula is C18H21NO7. The van der Waals surface area contributed by atoms with Gasteiger partial charge in [0.05, 0.1) is 0 Å². The normalized spacial score (nSPS) is 10.3. The number of hydrogen-bond acceptors (Lipinski definition) is 8. The third kappa shape index (κ3) is 7.18. The fourth-order valence-corrected chi connectivity index (χ4v) is 1.56. The summed E-state index contributed by atoms with van der Waals surface area (Å²) in [7, 11) is 3.74. The van der Waals surface area contributed by atoms with Gasteiger partial charge in [-0.3, -0.25) is 4.79 Å². The lowest BCUT2D eigenvalue weighted by Gasteiger charge is -2.12. The van der Waals surface area contributed by atoms with Gasteiger partial charge in [-0.15, -0.1) is 0 Å². The highest BCUT2D eigenvalue weighted by molar-refractivity contribution is 6.40. The van der Waals surface area contributed by atoms with Crippen molar-refractivity contribution < 1.29 is 33.6 Å². The van der Waals surface area contributed by atoms with Gasteiger partial charge in [0.25, 0.3) is 5.78 Å². The van der Waals surface area contributed by atoms with E-state index in [2.05, 4.69) is 21.1 Å². The Labute approximate surface area is 151 Å². The van der Waals surface area contributed by atoms with Gasteiger partial charge in [0.2, 0.25) is 0 Å². The Bertz CT molecular complexity index is 677. The van der Waals surface area contributed by atoms with Crippen LogP contribution in [0.4, 0.5) is 5.69 Å². The number of carbonyl (C=O) groups is 3. The lowest BCUT2D eigenvalue weighted by atomic mass is 10.1. The monoisotopic (exact) mass is 363 g/mol. The second-order valence-electron chi connectivity index (χ2n) is 5.28. The predicted octanol–water partition coefficient (Wildman–Crippen LogP) is 2.02. The quantitative estimate of drug-likeness (QED) is 0.0911. The minimum atomic E-state index is -0.989. The summed E-state index contributed by atoms with van der Waals surface area (Å²) in [4.78, 5) is 45.7. The highest BCUT2D eigenvalue weighted by Crippen LogP contribution is 2.13. The van der Waals surface area contributed by atoms with Gasteiger partial charge < -0.3 is 19.3 Å². The molecule has 8 heteroatoms. The van der Waals surface area contributed by atoms with Gasteiger partial charge >= 0.3 is 11.9 Å². The molecule has 0 aliphatic heterocycles. The van der Waals surface area contributed by atoms with Gasteiger partial charge in [0.1, 0.15) is 19.5 Å². The van der Waals surface area contributed by atoms with Crippen LogP contribution in [0, 0.1) is 0 Å². The Balaban J connectivity index is 2.25. The van der Waals surface area contributed by atoms with E-state index in [1.54, 1.807) is 24.3 Å². The number of Topliss-reactive ketones (excluding diaryl/α,β-unsaturated/α-hetero) is 1. The predicted molar refractivity (Wildman–Crippen MR) is 93.1 cm³/mol. The van der Waals surface area contributed by atoms with Crippen molar-refractivity contribution in [2.45, 2.75) is 6.92 Å². The number of rotatable bonds is 10. The van der Waals surface area contributed by atoms with Crippen LogP contribution in [-0.2, 0) is 28.8 Å². The van der Waals surface area contributed by atoms with Crippen LogP contribution in [0.3, 0.4) is 0 Å². The first kappa shape index (κ1) is 20.9. The van der Waals surface area contributed by atoms with Crippen LogP contribution in [0.2, 0.25) is 0 Å². The summed E-state index contributed by atoms with van der Waals surface area (Å²) >= 11 is 0. The molecule has 8 nitrogen and oxygen atoms in total. The summed E-state index contributed by atoms with van der Waals surface area (Å²) in [5.74, 6) is -2.34. The van der Waals surface area contributed by atoms with E-state index in [1.165, 1.54) is 6.92 Å². The fraction of sp³-hybridized carbons (Fsp3) is 0.278. The number of benzene rings is 1. The Kier molecular flexibility index (Phi) is 8.59.